The van der Waals surface area contributed by atoms with Gasteiger partial charge in [-0.3, -0.25) is 4.79 Å². The van der Waals surface area contributed by atoms with Crippen LogP contribution in [0, 0.1) is 6.92 Å². The minimum atomic E-state index is -0.110. The number of hydrogen-bond donors (Lipinski definition) is 1. The first-order valence-corrected chi connectivity index (χ1v) is 9.47. The number of carbonyl (C=O) groups excluding carboxylic acids is 1. The Bertz CT molecular complexity index is 1040. The number of amides is 1. The molecule has 2 aromatic carbocycles. The predicted molar refractivity (Wildman–Crippen MR) is 103 cm³/mol. The molecule has 0 atom stereocenters. The molecule has 0 saturated carbocycles. The summed E-state index contributed by atoms with van der Waals surface area (Å²) in [6, 6.07) is 13.5. The lowest BCUT2D eigenvalue weighted by Gasteiger charge is -2.05. The van der Waals surface area contributed by atoms with Gasteiger partial charge in [-0.25, -0.2) is 9.97 Å². The first-order valence-electron chi connectivity index (χ1n) is 7.83. The van der Waals surface area contributed by atoms with Gasteiger partial charge in [0.1, 0.15) is 11.3 Å². The van der Waals surface area contributed by atoms with E-state index in [9.17, 15) is 4.79 Å². The molecule has 5 nitrogen and oxygen atoms in total. The first-order chi connectivity index (χ1) is 12.2. The van der Waals surface area contributed by atoms with Crippen molar-refractivity contribution in [2.75, 3.05) is 11.9 Å². The molecule has 0 unspecified atom stereocenters. The molecule has 0 bridgehead atoms. The number of aromatic nitrogens is 2. The maximum Gasteiger partial charge on any atom is 0.229 e. The predicted octanol–water partition coefficient (Wildman–Crippen LogP) is 4.62. The average molecular weight is 369 g/mol. The number of carbonyl (C=O) groups is 1. The van der Waals surface area contributed by atoms with Crippen LogP contribution in [-0.2, 0) is 4.79 Å². The van der Waals surface area contributed by atoms with Crippen LogP contribution in [0.2, 0.25) is 0 Å². The number of rotatable bonds is 5. The van der Waals surface area contributed by atoms with Crippen molar-refractivity contribution >= 4 is 54.1 Å². The first kappa shape index (κ1) is 16.0. The second-order valence-electron chi connectivity index (χ2n) is 5.47. The Labute approximate surface area is 152 Å². The highest BCUT2D eigenvalue weighted by molar-refractivity contribution is 7.24. The van der Waals surface area contributed by atoms with E-state index < -0.39 is 0 Å². The molecule has 0 radical (unpaired) electrons. The Hall–Kier alpha value is -2.51. The summed E-state index contributed by atoms with van der Waals surface area (Å²) in [7, 11) is 0. The standard InChI is InChI=1S/C18H15N3O2S2/c1-11-19-16-14(24-11)8-7-13-17(16)25-18(20-13)21-15(22)9-10-23-12-5-3-2-4-6-12/h2-8H,9-10H2,1H3,(H,20,21,22). The summed E-state index contributed by atoms with van der Waals surface area (Å²) in [5.41, 5.74) is 1.82. The second kappa shape index (κ2) is 6.78. The van der Waals surface area contributed by atoms with Crippen LogP contribution in [0.25, 0.3) is 20.4 Å². The zero-order chi connectivity index (χ0) is 17.2. The summed E-state index contributed by atoms with van der Waals surface area (Å²) in [5, 5.41) is 4.48. The Morgan fingerprint density at radius 1 is 1.12 bits per heavy atom. The van der Waals surface area contributed by atoms with Crippen molar-refractivity contribution in [2.45, 2.75) is 13.3 Å². The molecule has 25 heavy (non-hydrogen) atoms. The summed E-state index contributed by atoms with van der Waals surface area (Å²) in [5.74, 6) is 0.650. The van der Waals surface area contributed by atoms with Gasteiger partial charge >= 0.3 is 0 Å². The number of ether oxygens (including phenoxy) is 1. The molecule has 0 fully saturated rings. The summed E-state index contributed by atoms with van der Waals surface area (Å²) < 4.78 is 7.70. The summed E-state index contributed by atoms with van der Waals surface area (Å²) in [4.78, 5) is 21.2. The van der Waals surface area contributed by atoms with Crippen molar-refractivity contribution in [1.82, 2.24) is 9.97 Å². The zero-order valence-corrected chi connectivity index (χ0v) is 15.1. The number of thiazole rings is 2. The third-order valence-corrected chi connectivity index (χ3v) is 5.54. The minimum absolute atomic E-state index is 0.110. The Morgan fingerprint density at radius 2 is 1.96 bits per heavy atom. The van der Waals surface area contributed by atoms with Crippen LogP contribution < -0.4 is 10.1 Å². The van der Waals surface area contributed by atoms with Crippen LogP contribution in [0.3, 0.4) is 0 Å². The van der Waals surface area contributed by atoms with E-state index in [1.165, 1.54) is 11.3 Å². The molecule has 4 aromatic rings. The van der Waals surface area contributed by atoms with Gasteiger partial charge in [-0.15, -0.1) is 11.3 Å². The Morgan fingerprint density at radius 3 is 2.80 bits per heavy atom. The van der Waals surface area contributed by atoms with Gasteiger partial charge in [0, 0.05) is 0 Å². The fraction of sp³-hybridized carbons (Fsp3) is 0.167. The number of aryl methyl sites for hydroxylation is 1. The quantitative estimate of drug-likeness (QED) is 0.557. The smallest absolute Gasteiger partial charge is 0.229 e. The van der Waals surface area contributed by atoms with Crippen molar-refractivity contribution in [3.63, 3.8) is 0 Å². The number of hydrogen-bond acceptors (Lipinski definition) is 6. The fourth-order valence-electron chi connectivity index (χ4n) is 2.50. The molecule has 0 aliphatic rings. The van der Waals surface area contributed by atoms with Gasteiger partial charge in [-0.05, 0) is 31.2 Å². The lowest BCUT2D eigenvalue weighted by Crippen LogP contribution is -2.14. The van der Waals surface area contributed by atoms with Crippen LogP contribution in [0.5, 0.6) is 5.75 Å². The molecular formula is C18H15N3O2S2. The van der Waals surface area contributed by atoms with E-state index in [1.54, 1.807) is 11.3 Å². The van der Waals surface area contributed by atoms with Crippen molar-refractivity contribution in [3.8, 4) is 5.75 Å². The van der Waals surface area contributed by atoms with Crippen LogP contribution in [0.1, 0.15) is 11.4 Å². The van der Waals surface area contributed by atoms with Gasteiger partial charge in [0.15, 0.2) is 5.13 Å². The van der Waals surface area contributed by atoms with Gasteiger partial charge < -0.3 is 10.1 Å². The third-order valence-electron chi connectivity index (χ3n) is 3.61. The molecule has 4 rings (SSSR count). The van der Waals surface area contributed by atoms with Crippen LogP contribution in [0.15, 0.2) is 42.5 Å². The van der Waals surface area contributed by atoms with Gasteiger partial charge in [-0.2, -0.15) is 0 Å². The largest absolute Gasteiger partial charge is 0.493 e. The van der Waals surface area contributed by atoms with E-state index in [0.29, 0.717) is 11.7 Å². The summed E-state index contributed by atoms with van der Waals surface area (Å²) in [6.45, 7) is 2.32. The Kier molecular flexibility index (Phi) is 4.33. The maximum absolute atomic E-state index is 12.1. The van der Waals surface area contributed by atoms with E-state index in [0.717, 1.165) is 31.2 Å². The molecule has 0 aliphatic heterocycles. The van der Waals surface area contributed by atoms with Crippen molar-refractivity contribution in [1.29, 1.82) is 0 Å². The highest BCUT2D eigenvalue weighted by atomic mass is 32.1. The van der Waals surface area contributed by atoms with Gasteiger partial charge in [0.05, 0.1) is 33.0 Å². The van der Waals surface area contributed by atoms with Crippen molar-refractivity contribution in [2.24, 2.45) is 0 Å². The van der Waals surface area contributed by atoms with E-state index in [-0.39, 0.29) is 12.3 Å². The van der Waals surface area contributed by atoms with Crippen molar-refractivity contribution in [3.05, 3.63) is 47.5 Å². The lowest BCUT2D eigenvalue weighted by atomic mass is 10.3. The molecule has 0 spiro atoms. The number of nitrogens with zero attached hydrogens (tertiary/aromatic N) is 2. The third kappa shape index (κ3) is 3.47. The molecule has 0 saturated heterocycles. The molecule has 2 heterocycles. The average Bonchev–Trinajstić information content (AvgIpc) is 3.17. The number of anilines is 1. The van der Waals surface area contributed by atoms with Crippen molar-refractivity contribution < 1.29 is 9.53 Å². The minimum Gasteiger partial charge on any atom is -0.493 e. The molecule has 1 N–H and O–H groups in total. The number of para-hydroxylation sites is 1. The number of benzene rings is 2. The Balaban J connectivity index is 1.43. The summed E-state index contributed by atoms with van der Waals surface area (Å²) in [6.07, 6.45) is 0.274. The maximum atomic E-state index is 12.1. The summed E-state index contributed by atoms with van der Waals surface area (Å²) >= 11 is 3.12. The molecule has 0 aliphatic carbocycles. The van der Waals surface area contributed by atoms with E-state index in [1.807, 2.05) is 49.4 Å². The van der Waals surface area contributed by atoms with E-state index >= 15 is 0 Å². The van der Waals surface area contributed by atoms with Gasteiger partial charge in [0.25, 0.3) is 0 Å². The fourth-order valence-corrected chi connectivity index (χ4v) is 4.37. The molecule has 2 aromatic heterocycles. The molecule has 126 valence electrons. The SMILES string of the molecule is Cc1nc2c(ccc3nc(NC(=O)CCOc4ccccc4)sc32)s1. The van der Waals surface area contributed by atoms with Crippen LogP contribution >= 0.6 is 22.7 Å². The molecular weight excluding hydrogens is 354 g/mol. The van der Waals surface area contributed by atoms with Crippen LogP contribution in [-0.4, -0.2) is 22.5 Å². The zero-order valence-electron chi connectivity index (χ0n) is 13.5. The molecule has 1 amide bonds. The van der Waals surface area contributed by atoms with Gasteiger partial charge in [-0.1, -0.05) is 29.5 Å². The number of fused-ring (bicyclic) bond motifs is 3. The number of nitrogens with one attached hydrogen (secondary N) is 1. The lowest BCUT2D eigenvalue weighted by molar-refractivity contribution is -0.116. The second-order valence-corrected chi connectivity index (χ2v) is 7.71. The monoisotopic (exact) mass is 369 g/mol. The molecule has 7 heteroatoms. The normalized spacial score (nSPS) is 11.1. The van der Waals surface area contributed by atoms with E-state index in [2.05, 4.69) is 15.3 Å². The van der Waals surface area contributed by atoms with Gasteiger partial charge in [0.2, 0.25) is 5.91 Å². The topological polar surface area (TPSA) is 64.1 Å². The van der Waals surface area contributed by atoms with Crippen LogP contribution in [0.4, 0.5) is 5.13 Å². The highest BCUT2D eigenvalue weighted by Gasteiger charge is 2.12. The van der Waals surface area contributed by atoms with E-state index in [4.69, 9.17) is 4.74 Å². The highest BCUT2D eigenvalue weighted by Crippen LogP contribution is 2.34.